The number of hydrogen-bond donors (Lipinski definition) is 1. The minimum atomic E-state index is -4.91. The van der Waals surface area contributed by atoms with E-state index in [0.29, 0.717) is 0 Å². The Bertz CT molecular complexity index is 512. The van der Waals surface area contributed by atoms with Gasteiger partial charge in [0.1, 0.15) is 11.5 Å². The van der Waals surface area contributed by atoms with Crippen LogP contribution in [0.1, 0.15) is 12.5 Å². The summed E-state index contributed by atoms with van der Waals surface area (Å²) in [5, 5.41) is 9.26. The molecule has 1 N–H and O–H groups in total. The van der Waals surface area contributed by atoms with Crippen LogP contribution in [-0.4, -0.2) is 29.5 Å². The van der Waals surface area contributed by atoms with Crippen molar-refractivity contribution in [2.24, 2.45) is 0 Å². The lowest BCUT2D eigenvalue weighted by atomic mass is 9.96. The molecule has 7 heteroatoms. The first-order valence-corrected chi connectivity index (χ1v) is 5.55. The molecule has 0 aromatic heterocycles. The molecule has 1 aliphatic rings. The fourth-order valence-electron chi connectivity index (χ4n) is 1.93. The molecule has 0 saturated heterocycles. The van der Waals surface area contributed by atoms with Crippen LogP contribution in [-0.2, 0) is 16.0 Å². The van der Waals surface area contributed by atoms with Crippen LogP contribution in [0.2, 0.25) is 0 Å². The van der Waals surface area contributed by atoms with E-state index in [1.165, 1.54) is 19.1 Å². The van der Waals surface area contributed by atoms with Gasteiger partial charge in [0.15, 0.2) is 0 Å². The molecule has 0 spiro atoms. The van der Waals surface area contributed by atoms with Crippen molar-refractivity contribution in [3.8, 4) is 11.5 Å². The number of alkyl halides is 3. The summed E-state index contributed by atoms with van der Waals surface area (Å²) < 4.78 is 48.8. The molecule has 1 aromatic carbocycles. The summed E-state index contributed by atoms with van der Waals surface area (Å²) in [4.78, 5) is 11.6. The largest absolute Gasteiger partial charge is 0.508 e. The Morgan fingerprint density at radius 1 is 1.53 bits per heavy atom. The van der Waals surface area contributed by atoms with Crippen molar-refractivity contribution in [2.75, 3.05) is 6.61 Å². The first-order chi connectivity index (χ1) is 8.80. The minimum Gasteiger partial charge on any atom is -0.508 e. The highest BCUT2D eigenvalue weighted by Crippen LogP contribution is 2.46. The summed E-state index contributed by atoms with van der Waals surface area (Å²) in [5.41, 5.74) is -2.91. The molecule has 104 valence electrons. The van der Waals surface area contributed by atoms with E-state index < -0.39 is 24.2 Å². The van der Waals surface area contributed by atoms with Crippen LogP contribution >= 0.6 is 0 Å². The molecular formula is C12H11F3O4. The zero-order valence-electron chi connectivity index (χ0n) is 9.95. The van der Waals surface area contributed by atoms with Crippen LogP contribution in [0.15, 0.2) is 18.2 Å². The fourth-order valence-corrected chi connectivity index (χ4v) is 1.93. The third-order valence-electron chi connectivity index (χ3n) is 2.83. The molecule has 0 radical (unpaired) electrons. The van der Waals surface area contributed by atoms with Crippen LogP contribution < -0.4 is 4.74 Å². The molecule has 0 saturated carbocycles. The highest BCUT2D eigenvalue weighted by Gasteiger charge is 2.67. The SMILES string of the molecule is CCOC(=O)C1(C(F)(F)F)Cc2cc(O)ccc2O1. The zero-order valence-corrected chi connectivity index (χ0v) is 9.95. The lowest BCUT2D eigenvalue weighted by Gasteiger charge is -2.28. The maximum atomic E-state index is 13.2. The Kier molecular flexibility index (Phi) is 3.07. The molecule has 1 aliphatic heterocycles. The van der Waals surface area contributed by atoms with Gasteiger partial charge in [-0.15, -0.1) is 0 Å². The van der Waals surface area contributed by atoms with Crippen LogP contribution in [0.5, 0.6) is 11.5 Å². The fraction of sp³-hybridized carbons (Fsp3) is 0.417. The minimum absolute atomic E-state index is 0.0804. The summed E-state index contributed by atoms with van der Waals surface area (Å²) in [6.45, 7) is 1.23. The van der Waals surface area contributed by atoms with Crippen molar-refractivity contribution in [3.63, 3.8) is 0 Å². The Balaban J connectivity index is 2.43. The van der Waals surface area contributed by atoms with Crippen molar-refractivity contribution >= 4 is 5.97 Å². The summed E-state index contributed by atoms with van der Waals surface area (Å²) in [6.07, 6.45) is -5.62. The molecule has 0 bridgehead atoms. The van der Waals surface area contributed by atoms with E-state index in [0.717, 1.165) is 6.07 Å². The van der Waals surface area contributed by atoms with Crippen molar-refractivity contribution in [1.29, 1.82) is 0 Å². The van der Waals surface area contributed by atoms with E-state index in [4.69, 9.17) is 4.74 Å². The number of carbonyl (C=O) groups excluding carboxylic acids is 1. The molecule has 1 heterocycles. The van der Waals surface area contributed by atoms with Crippen molar-refractivity contribution in [1.82, 2.24) is 0 Å². The summed E-state index contributed by atoms with van der Waals surface area (Å²) in [7, 11) is 0. The first-order valence-electron chi connectivity index (χ1n) is 5.55. The number of esters is 1. The number of fused-ring (bicyclic) bond motifs is 1. The molecule has 1 atom stereocenters. The number of hydrogen-bond acceptors (Lipinski definition) is 4. The summed E-state index contributed by atoms with van der Waals surface area (Å²) >= 11 is 0. The Morgan fingerprint density at radius 2 is 2.21 bits per heavy atom. The second-order valence-electron chi connectivity index (χ2n) is 4.12. The van der Waals surface area contributed by atoms with Gasteiger partial charge < -0.3 is 14.6 Å². The summed E-state index contributed by atoms with van der Waals surface area (Å²) in [6, 6.07) is 3.52. The quantitative estimate of drug-likeness (QED) is 0.841. The van der Waals surface area contributed by atoms with Crippen LogP contribution in [0.25, 0.3) is 0 Å². The third-order valence-corrected chi connectivity index (χ3v) is 2.83. The number of aromatic hydroxyl groups is 1. The highest BCUT2D eigenvalue weighted by molar-refractivity contribution is 5.83. The predicted molar refractivity (Wildman–Crippen MR) is 57.9 cm³/mol. The smallest absolute Gasteiger partial charge is 0.439 e. The number of carbonyl (C=O) groups is 1. The molecule has 19 heavy (non-hydrogen) atoms. The van der Waals surface area contributed by atoms with Gasteiger partial charge in [-0.05, 0) is 25.1 Å². The number of halogens is 3. The van der Waals surface area contributed by atoms with Gasteiger partial charge in [-0.1, -0.05) is 0 Å². The average molecular weight is 276 g/mol. The van der Waals surface area contributed by atoms with Gasteiger partial charge in [0, 0.05) is 12.0 Å². The van der Waals surface area contributed by atoms with E-state index in [-0.39, 0.29) is 23.7 Å². The van der Waals surface area contributed by atoms with Gasteiger partial charge in [0.25, 0.3) is 0 Å². The number of phenolic OH excluding ortho intramolecular Hbond substituents is 1. The Morgan fingerprint density at radius 3 is 2.79 bits per heavy atom. The Hall–Kier alpha value is -1.92. The third kappa shape index (κ3) is 2.09. The van der Waals surface area contributed by atoms with Gasteiger partial charge >= 0.3 is 17.7 Å². The molecular weight excluding hydrogens is 265 g/mol. The first kappa shape index (κ1) is 13.5. The van der Waals surface area contributed by atoms with E-state index in [1.54, 1.807) is 0 Å². The second kappa shape index (κ2) is 4.32. The van der Waals surface area contributed by atoms with E-state index in [1.807, 2.05) is 0 Å². The lowest BCUT2D eigenvalue weighted by Crippen LogP contribution is -2.56. The van der Waals surface area contributed by atoms with Crippen molar-refractivity contribution < 1.29 is 32.5 Å². The molecule has 2 rings (SSSR count). The zero-order chi connectivity index (χ0) is 14.3. The topological polar surface area (TPSA) is 55.8 Å². The number of phenols is 1. The average Bonchev–Trinajstić information content (AvgIpc) is 2.68. The van der Waals surface area contributed by atoms with E-state index >= 15 is 0 Å². The van der Waals surface area contributed by atoms with Crippen LogP contribution in [0.4, 0.5) is 13.2 Å². The predicted octanol–water partition coefficient (Wildman–Crippen LogP) is 2.19. The molecule has 1 aromatic rings. The number of ether oxygens (including phenoxy) is 2. The van der Waals surface area contributed by atoms with Gasteiger partial charge in [-0.25, -0.2) is 4.79 Å². The highest BCUT2D eigenvalue weighted by atomic mass is 19.4. The van der Waals surface area contributed by atoms with Gasteiger partial charge in [0.05, 0.1) is 6.61 Å². The molecule has 1 unspecified atom stereocenters. The van der Waals surface area contributed by atoms with Crippen LogP contribution in [0.3, 0.4) is 0 Å². The van der Waals surface area contributed by atoms with Crippen molar-refractivity contribution in [3.05, 3.63) is 23.8 Å². The van der Waals surface area contributed by atoms with Gasteiger partial charge in [0.2, 0.25) is 0 Å². The van der Waals surface area contributed by atoms with E-state index in [9.17, 15) is 23.1 Å². The molecule has 0 aliphatic carbocycles. The monoisotopic (exact) mass is 276 g/mol. The maximum absolute atomic E-state index is 13.2. The van der Waals surface area contributed by atoms with Gasteiger partial charge in [-0.2, -0.15) is 13.2 Å². The maximum Gasteiger partial charge on any atom is 0.439 e. The standard InChI is InChI=1S/C12H11F3O4/c1-2-18-10(17)11(12(13,14)15)6-7-5-8(16)3-4-9(7)19-11/h3-5,16H,2,6H2,1H3. The number of rotatable bonds is 2. The van der Waals surface area contributed by atoms with Crippen LogP contribution in [0, 0.1) is 0 Å². The molecule has 0 fully saturated rings. The van der Waals surface area contributed by atoms with Gasteiger partial charge in [-0.3, -0.25) is 0 Å². The van der Waals surface area contributed by atoms with E-state index in [2.05, 4.69) is 4.74 Å². The molecule has 4 nitrogen and oxygen atoms in total. The number of benzene rings is 1. The molecule has 0 amide bonds. The summed E-state index contributed by atoms with van der Waals surface area (Å²) in [5.74, 6) is -1.74. The lowest BCUT2D eigenvalue weighted by molar-refractivity contribution is -0.248. The Labute approximate surface area is 106 Å². The normalized spacial score (nSPS) is 21.7. The second-order valence-corrected chi connectivity index (χ2v) is 4.12. The van der Waals surface area contributed by atoms with Crippen molar-refractivity contribution in [2.45, 2.75) is 25.1 Å².